The molecule has 3 aliphatic heterocycles. The van der Waals surface area contributed by atoms with Crippen LogP contribution in [0.2, 0.25) is 0 Å². The molecule has 2 aliphatic carbocycles. The van der Waals surface area contributed by atoms with Crippen molar-refractivity contribution in [3.05, 3.63) is 0 Å². The Kier molecular flexibility index (Phi) is 8.70. The lowest BCUT2D eigenvalue weighted by Crippen LogP contribution is -2.55. The number of carbonyl (C=O) groups is 1. The average molecular weight is 513 g/mol. The summed E-state index contributed by atoms with van der Waals surface area (Å²) in [5.41, 5.74) is 0.0330. The van der Waals surface area contributed by atoms with Crippen LogP contribution in [0.4, 0.5) is 0 Å². The highest BCUT2D eigenvalue weighted by atomic mass is 35.5. The molecule has 0 aromatic rings. The number of ether oxygens (including phenoxy) is 1. The molecule has 0 aromatic carbocycles. The van der Waals surface area contributed by atoms with Gasteiger partial charge in [0.2, 0.25) is 5.91 Å². The van der Waals surface area contributed by atoms with E-state index < -0.39 is 0 Å². The highest BCUT2D eigenvalue weighted by molar-refractivity contribution is 8.00. The van der Waals surface area contributed by atoms with E-state index in [1.165, 1.54) is 45.1 Å². The Morgan fingerprint density at radius 3 is 2.68 bits per heavy atom. The number of carbonyl (C=O) groups excluding carboxylic acids is 1. The van der Waals surface area contributed by atoms with Crippen molar-refractivity contribution in [2.75, 3.05) is 26.7 Å². The van der Waals surface area contributed by atoms with Crippen LogP contribution >= 0.6 is 23.4 Å². The average Bonchev–Trinajstić information content (AvgIpc) is 3.25. The number of methoxy groups -OCH3 is 1. The van der Waals surface area contributed by atoms with E-state index in [2.05, 4.69) is 27.8 Å². The standard InChI is InChI=1S/C26H45ClN4O2S/c1-16-13-20(19-5-3-4-6-23(19)33-2)21(14-28-16)25(32)30-26-29-22-11-12-31(15-24(22)34-26)18-9-7-17(27)8-10-18/h16-24,26,28-29H,3-15H2,1-2H3,(H,30,32). The molecule has 6 nitrogen and oxygen atoms in total. The normalized spacial score (nSPS) is 46.1. The Balaban J connectivity index is 1.17. The number of amides is 1. The number of nitrogens with zero attached hydrogens (tertiary/aromatic N) is 1. The number of hydrogen-bond donors (Lipinski definition) is 3. The Morgan fingerprint density at radius 2 is 1.88 bits per heavy atom. The van der Waals surface area contributed by atoms with E-state index in [0.29, 0.717) is 46.7 Å². The zero-order chi connectivity index (χ0) is 23.7. The summed E-state index contributed by atoms with van der Waals surface area (Å²) in [5, 5.41) is 11.7. The van der Waals surface area contributed by atoms with Crippen molar-refractivity contribution in [1.82, 2.24) is 20.9 Å². The molecule has 8 atom stereocenters. The summed E-state index contributed by atoms with van der Waals surface area (Å²) >= 11 is 8.28. The quantitative estimate of drug-likeness (QED) is 0.490. The van der Waals surface area contributed by atoms with E-state index in [4.69, 9.17) is 16.3 Å². The number of hydrogen-bond acceptors (Lipinski definition) is 6. The fourth-order valence-electron chi connectivity index (χ4n) is 7.53. The first kappa shape index (κ1) is 25.6. The van der Waals surface area contributed by atoms with Crippen molar-refractivity contribution in [2.24, 2.45) is 17.8 Å². The summed E-state index contributed by atoms with van der Waals surface area (Å²) in [6.45, 7) is 5.34. The Labute approximate surface area is 215 Å². The van der Waals surface area contributed by atoms with Crippen LogP contribution in [0, 0.1) is 17.8 Å². The van der Waals surface area contributed by atoms with E-state index in [1.807, 2.05) is 18.9 Å². The molecule has 3 saturated heterocycles. The first-order chi connectivity index (χ1) is 16.5. The Morgan fingerprint density at radius 1 is 1.09 bits per heavy atom. The summed E-state index contributed by atoms with van der Waals surface area (Å²) < 4.78 is 5.90. The molecule has 5 rings (SSSR count). The second kappa shape index (κ2) is 11.6. The van der Waals surface area contributed by atoms with Gasteiger partial charge in [0.25, 0.3) is 0 Å². The zero-order valence-electron chi connectivity index (χ0n) is 21.0. The maximum Gasteiger partial charge on any atom is 0.226 e. The van der Waals surface area contributed by atoms with Gasteiger partial charge in [-0.3, -0.25) is 15.0 Å². The predicted octanol–water partition coefficient (Wildman–Crippen LogP) is 3.53. The zero-order valence-corrected chi connectivity index (χ0v) is 22.6. The van der Waals surface area contributed by atoms with Crippen molar-refractivity contribution in [2.45, 2.75) is 111 Å². The topological polar surface area (TPSA) is 65.6 Å². The second-order valence-corrected chi connectivity index (χ2v) is 13.5. The molecule has 8 heteroatoms. The third-order valence-electron chi connectivity index (χ3n) is 9.45. The highest BCUT2D eigenvalue weighted by Crippen LogP contribution is 2.40. The number of likely N-dealkylation sites (tertiary alicyclic amines) is 1. The van der Waals surface area contributed by atoms with E-state index >= 15 is 0 Å². The van der Waals surface area contributed by atoms with Crippen LogP contribution in [0.25, 0.3) is 0 Å². The molecule has 3 N–H and O–H groups in total. The minimum Gasteiger partial charge on any atom is -0.381 e. The molecule has 8 unspecified atom stereocenters. The monoisotopic (exact) mass is 512 g/mol. The molecule has 194 valence electrons. The largest absolute Gasteiger partial charge is 0.381 e. The molecule has 1 amide bonds. The van der Waals surface area contributed by atoms with Crippen LogP contribution in [-0.2, 0) is 9.53 Å². The van der Waals surface area contributed by atoms with Crippen LogP contribution in [0.1, 0.15) is 71.1 Å². The smallest absolute Gasteiger partial charge is 0.226 e. The molecule has 2 saturated carbocycles. The lowest BCUT2D eigenvalue weighted by atomic mass is 9.68. The molecule has 5 aliphatic rings. The minimum atomic E-state index is 0.0317. The SMILES string of the molecule is COC1CCCCC1C1CC(C)NCC1C(=O)NC1NC2CCN(C3CCC(Cl)CC3)CC2S1. The van der Waals surface area contributed by atoms with Gasteiger partial charge in [0.15, 0.2) is 0 Å². The first-order valence-corrected chi connectivity index (χ1v) is 15.3. The number of rotatable bonds is 5. The molecule has 3 heterocycles. The van der Waals surface area contributed by atoms with Gasteiger partial charge < -0.3 is 15.4 Å². The van der Waals surface area contributed by atoms with E-state index in [1.54, 1.807) is 0 Å². The maximum absolute atomic E-state index is 13.6. The second-order valence-electron chi connectivity index (χ2n) is 11.6. The molecule has 5 fully saturated rings. The third kappa shape index (κ3) is 5.75. The Hall–Kier alpha value is -0.0500. The van der Waals surface area contributed by atoms with Crippen LogP contribution < -0.4 is 16.0 Å². The molecule has 0 bridgehead atoms. The van der Waals surface area contributed by atoms with Gasteiger partial charge >= 0.3 is 0 Å². The van der Waals surface area contributed by atoms with Crippen molar-refractivity contribution in [3.8, 4) is 0 Å². The fraction of sp³-hybridized carbons (Fsp3) is 0.962. The molecular weight excluding hydrogens is 468 g/mol. The summed E-state index contributed by atoms with van der Waals surface area (Å²) in [6.07, 6.45) is 12.2. The third-order valence-corrected chi connectivity index (χ3v) is 11.2. The number of halogens is 1. The van der Waals surface area contributed by atoms with Gasteiger partial charge in [0.05, 0.1) is 12.0 Å². The van der Waals surface area contributed by atoms with Crippen molar-refractivity contribution < 1.29 is 9.53 Å². The number of fused-ring (bicyclic) bond motifs is 1. The van der Waals surface area contributed by atoms with Crippen LogP contribution in [0.3, 0.4) is 0 Å². The van der Waals surface area contributed by atoms with E-state index in [-0.39, 0.29) is 17.3 Å². The number of thioether (sulfide) groups is 1. The highest BCUT2D eigenvalue weighted by Gasteiger charge is 2.45. The van der Waals surface area contributed by atoms with Gasteiger partial charge in [-0.1, -0.05) is 12.8 Å². The van der Waals surface area contributed by atoms with Crippen molar-refractivity contribution >= 4 is 29.3 Å². The van der Waals surface area contributed by atoms with Crippen molar-refractivity contribution in [1.29, 1.82) is 0 Å². The van der Waals surface area contributed by atoms with E-state index in [0.717, 1.165) is 38.8 Å². The molecule has 0 aromatic heterocycles. The van der Waals surface area contributed by atoms with Gasteiger partial charge in [0, 0.05) is 49.0 Å². The van der Waals surface area contributed by atoms with Gasteiger partial charge in [-0.25, -0.2) is 0 Å². The number of piperidine rings is 2. The van der Waals surface area contributed by atoms with E-state index in [9.17, 15) is 4.79 Å². The molecule has 34 heavy (non-hydrogen) atoms. The molecular formula is C26H45ClN4O2S. The number of nitrogens with one attached hydrogen (secondary N) is 3. The van der Waals surface area contributed by atoms with Crippen molar-refractivity contribution in [3.63, 3.8) is 0 Å². The van der Waals surface area contributed by atoms with Gasteiger partial charge in [-0.15, -0.1) is 23.4 Å². The lowest BCUT2D eigenvalue weighted by molar-refractivity contribution is -0.130. The van der Waals surface area contributed by atoms with Gasteiger partial charge in [-0.2, -0.15) is 0 Å². The van der Waals surface area contributed by atoms with Crippen LogP contribution in [0.15, 0.2) is 0 Å². The molecule has 0 radical (unpaired) electrons. The summed E-state index contributed by atoms with van der Waals surface area (Å²) in [5.74, 6) is 1.17. The lowest BCUT2D eigenvalue weighted by Gasteiger charge is -2.44. The maximum atomic E-state index is 13.6. The number of alkyl halides is 1. The first-order valence-electron chi connectivity index (χ1n) is 13.9. The van der Waals surface area contributed by atoms with Gasteiger partial charge in [0.1, 0.15) is 5.50 Å². The van der Waals surface area contributed by atoms with Crippen LogP contribution in [-0.4, -0.2) is 77.9 Å². The fourth-order valence-corrected chi connectivity index (χ4v) is 9.25. The summed E-state index contributed by atoms with van der Waals surface area (Å²) in [7, 11) is 1.86. The Bertz CT molecular complexity index is 694. The minimum absolute atomic E-state index is 0.0317. The van der Waals surface area contributed by atoms with Crippen LogP contribution in [0.5, 0.6) is 0 Å². The summed E-state index contributed by atoms with van der Waals surface area (Å²) in [6, 6.07) is 1.67. The summed E-state index contributed by atoms with van der Waals surface area (Å²) in [4.78, 5) is 16.3. The molecule has 0 spiro atoms. The predicted molar refractivity (Wildman–Crippen MR) is 140 cm³/mol. The van der Waals surface area contributed by atoms with Gasteiger partial charge in [-0.05, 0) is 76.7 Å².